The molecule has 0 spiro atoms. The Morgan fingerprint density at radius 2 is 2.21 bits per heavy atom. The summed E-state index contributed by atoms with van der Waals surface area (Å²) in [6.45, 7) is 2.73. The Hall–Kier alpha value is -1.13. The first-order chi connectivity index (χ1) is 9.06. The summed E-state index contributed by atoms with van der Waals surface area (Å²) < 4.78 is 13.2. The first-order valence-corrected chi connectivity index (χ1v) is 6.89. The molecule has 1 atom stereocenters. The summed E-state index contributed by atoms with van der Waals surface area (Å²) in [5.74, 6) is -0.177. The third-order valence-electron chi connectivity index (χ3n) is 3.14. The highest BCUT2D eigenvalue weighted by Crippen LogP contribution is 2.19. The maximum Gasteiger partial charge on any atom is 0.224 e. The molecule has 106 valence electrons. The summed E-state index contributed by atoms with van der Waals surface area (Å²) >= 11 is 5.57. The molecule has 0 aliphatic rings. The van der Waals surface area contributed by atoms with Crippen molar-refractivity contribution in [3.8, 4) is 0 Å². The van der Waals surface area contributed by atoms with Crippen LogP contribution in [-0.2, 0) is 4.79 Å². The molecule has 0 saturated heterocycles. The normalized spacial score (nSPS) is 12.2. The van der Waals surface area contributed by atoms with Gasteiger partial charge in [-0.3, -0.25) is 4.79 Å². The van der Waals surface area contributed by atoms with E-state index in [1.165, 1.54) is 12.1 Å². The largest absolute Gasteiger partial charge is 0.330 e. The molecule has 0 bridgehead atoms. The standard InChI is InChI=1S/C14H20ClFN2O/c1-2-10(7-8-17)3-6-14(19)18-11-4-5-12(15)13(16)9-11/h4-5,9-10H,2-3,6-8,17H2,1H3,(H,18,19). The molecule has 0 aliphatic carbocycles. The van der Waals surface area contributed by atoms with Gasteiger partial charge in [0.1, 0.15) is 5.82 Å². The van der Waals surface area contributed by atoms with Crippen molar-refractivity contribution >= 4 is 23.2 Å². The van der Waals surface area contributed by atoms with Crippen LogP contribution in [0.1, 0.15) is 32.6 Å². The van der Waals surface area contributed by atoms with Gasteiger partial charge in [-0.05, 0) is 43.5 Å². The van der Waals surface area contributed by atoms with E-state index in [-0.39, 0.29) is 10.9 Å². The minimum absolute atomic E-state index is 0.0481. The fraction of sp³-hybridized carbons (Fsp3) is 0.500. The Bertz CT molecular complexity index is 426. The molecule has 0 saturated carbocycles. The summed E-state index contributed by atoms with van der Waals surface area (Å²) in [4.78, 5) is 11.7. The highest BCUT2D eigenvalue weighted by molar-refractivity contribution is 6.30. The fourth-order valence-corrected chi connectivity index (χ4v) is 2.04. The third kappa shape index (κ3) is 5.57. The second-order valence-corrected chi connectivity index (χ2v) is 4.97. The van der Waals surface area contributed by atoms with Crippen LogP contribution in [0.4, 0.5) is 10.1 Å². The SMILES string of the molecule is CCC(CCN)CCC(=O)Nc1ccc(Cl)c(F)c1. The molecule has 1 amide bonds. The molecule has 1 rings (SSSR count). The molecule has 19 heavy (non-hydrogen) atoms. The highest BCUT2D eigenvalue weighted by atomic mass is 35.5. The van der Waals surface area contributed by atoms with Gasteiger partial charge < -0.3 is 11.1 Å². The van der Waals surface area contributed by atoms with E-state index in [1.54, 1.807) is 6.07 Å². The zero-order valence-corrected chi connectivity index (χ0v) is 11.8. The van der Waals surface area contributed by atoms with Gasteiger partial charge in [0.15, 0.2) is 0 Å². The quantitative estimate of drug-likeness (QED) is 0.805. The summed E-state index contributed by atoms with van der Waals surface area (Å²) in [5.41, 5.74) is 5.94. The number of benzene rings is 1. The van der Waals surface area contributed by atoms with Crippen molar-refractivity contribution in [2.45, 2.75) is 32.6 Å². The average molecular weight is 287 g/mol. The maximum absolute atomic E-state index is 13.2. The summed E-state index contributed by atoms with van der Waals surface area (Å²) in [6.07, 6.45) is 3.16. The second-order valence-electron chi connectivity index (χ2n) is 4.57. The smallest absolute Gasteiger partial charge is 0.224 e. The Morgan fingerprint density at radius 3 is 2.79 bits per heavy atom. The molecule has 0 heterocycles. The predicted octanol–water partition coefficient (Wildman–Crippen LogP) is 3.57. The van der Waals surface area contributed by atoms with E-state index in [2.05, 4.69) is 12.2 Å². The molecule has 0 aliphatic heterocycles. The Morgan fingerprint density at radius 1 is 1.47 bits per heavy atom. The van der Waals surface area contributed by atoms with E-state index < -0.39 is 5.82 Å². The van der Waals surface area contributed by atoms with Crippen LogP contribution in [0.15, 0.2) is 18.2 Å². The van der Waals surface area contributed by atoms with Crippen LogP contribution < -0.4 is 11.1 Å². The second kappa shape index (κ2) is 8.12. The molecular weight excluding hydrogens is 267 g/mol. The van der Waals surface area contributed by atoms with Crippen LogP contribution in [0, 0.1) is 11.7 Å². The maximum atomic E-state index is 13.2. The third-order valence-corrected chi connectivity index (χ3v) is 3.44. The monoisotopic (exact) mass is 286 g/mol. The molecule has 0 fully saturated rings. The molecule has 3 nitrogen and oxygen atoms in total. The number of hydrogen-bond donors (Lipinski definition) is 2. The summed E-state index contributed by atoms with van der Waals surface area (Å²) in [7, 11) is 0. The van der Waals surface area contributed by atoms with Crippen LogP contribution in [0.5, 0.6) is 0 Å². The number of anilines is 1. The van der Waals surface area contributed by atoms with Gasteiger partial charge in [0.25, 0.3) is 0 Å². The van der Waals surface area contributed by atoms with E-state index >= 15 is 0 Å². The van der Waals surface area contributed by atoms with Crippen molar-refractivity contribution in [1.29, 1.82) is 0 Å². The lowest BCUT2D eigenvalue weighted by Gasteiger charge is -2.13. The van der Waals surface area contributed by atoms with Crippen molar-refractivity contribution in [1.82, 2.24) is 0 Å². The van der Waals surface area contributed by atoms with Gasteiger partial charge in [0.05, 0.1) is 5.02 Å². The lowest BCUT2D eigenvalue weighted by atomic mass is 9.96. The first kappa shape index (κ1) is 15.9. The van der Waals surface area contributed by atoms with E-state index in [1.807, 2.05) is 0 Å². The Balaban J connectivity index is 2.44. The number of rotatable bonds is 7. The number of carbonyl (C=O) groups is 1. The minimum Gasteiger partial charge on any atom is -0.330 e. The molecule has 0 aromatic heterocycles. The first-order valence-electron chi connectivity index (χ1n) is 6.51. The molecule has 5 heteroatoms. The number of halogens is 2. The Labute approximate surface area is 118 Å². The summed E-state index contributed by atoms with van der Waals surface area (Å²) in [5, 5.41) is 2.71. The van der Waals surface area contributed by atoms with Crippen molar-refractivity contribution < 1.29 is 9.18 Å². The molecule has 1 unspecified atom stereocenters. The molecular formula is C14H20ClFN2O. The van der Waals surface area contributed by atoms with Crippen LogP contribution >= 0.6 is 11.6 Å². The van der Waals surface area contributed by atoms with Crippen molar-refractivity contribution in [3.63, 3.8) is 0 Å². The number of amides is 1. The van der Waals surface area contributed by atoms with E-state index in [0.29, 0.717) is 24.6 Å². The van der Waals surface area contributed by atoms with Crippen LogP contribution in [0.2, 0.25) is 5.02 Å². The minimum atomic E-state index is -0.533. The number of hydrogen-bond acceptors (Lipinski definition) is 2. The number of nitrogens with two attached hydrogens (primary N) is 1. The fourth-order valence-electron chi connectivity index (χ4n) is 1.92. The Kier molecular flexibility index (Phi) is 6.81. The van der Waals surface area contributed by atoms with Crippen LogP contribution in [0.25, 0.3) is 0 Å². The molecule has 1 aromatic carbocycles. The lowest BCUT2D eigenvalue weighted by Crippen LogP contribution is -2.15. The topological polar surface area (TPSA) is 55.1 Å². The van der Waals surface area contributed by atoms with Gasteiger partial charge in [-0.25, -0.2) is 4.39 Å². The van der Waals surface area contributed by atoms with Crippen molar-refractivity contribution in [2.75, 3.05) is 11.9 Å². The van der Waals surface area contributed by atoms with Crippen molar-refractivity contribution in [3.05, 3.63) is 29.0 Å². The van der Waals surface area contributed by atoms with Gasteiger partial charge in [-0.1, -0.05) is 24.9 Å². The van der Waals surface area contributed by atoms with Crippen molar-refractivity contribution in [2.24, 2.45) is 11.7 Å². The number of nitrogens with one attached hydrogen (secondary N) is 1. The average Bonchev–Trinajstić information content (AvgIpc) is 2.39. The number of carbonyl (C=O) groups excluding carboxylic acids is 1. The lowest BCUT2D eigenvalue weighted by molar-refractivity contribution is -0.116. The zero-order valence-electron chi connectivity index (χ0n) is 11.1. The van der Waals surface area contributed by atoms with Crippen LogP contribution in [0.3, 0.4) is 0 Å². The molecule has 3 N–H and O–H groups in total. The van der Waals surface area contributed by atoms with Gasteiger partial charge >= 0.3 is 0 Å². The van der Waals surface area contributed by atoms with Gasteiger partial charge in [-0.15, -0.1) is 0 Å². The van der Waals surface area contributed by atoms with Gasteiger partial charge in [0, 0.05) is 12.1 Å². The van der Waals surface area contributed by atoms with E-state index in [9.17, 15) is 9.18 Å². The predicted molar refractivity (Wildman–Crippen MR) is 76.7 cm³/mol. The van der Waals surface area contributed by atoms with E-state index in [4.69, 9.17) is 17.3 Å². The molecule has 1 aromatic rings. The summed E-state index contributed by atoms with van der Waals surface area (Å²) in [6, 6.07) is 4.23. The zero-order chi connectivity index (χ0) is 14.3. The van der Waals surface area contributed by atoms with Gasteiger partial charge in [-0.2, -0.15) is 0 Å². The van der Waals surface area contributed by atoms with Crippen LogP contribution in [-0.4, -0.2) is 12.5 Å². The highest BCUT2D eigenvalue weighted by Gasteiger charge is 2.10. The molecule has 0 radical (unpaired) electrons. The van der Waals surface area contributed by atoms with Gasteiger partial charge in [0.2, 0.25) is 5.91 Å². The van der Waals surface area contributed by atoms with E-state index in [0.717, 1.165) is 19.3 Å².